The van der Waals surface area contributed by atoms with Crippen LogP contribution in [0.4, 0.5) is 10.1 Å². The minimum absolute atomic E-state index is 0. The van der Waals surface area contributed by atoms with Crippen LogP contribution in [0.3, 0.4) is 0 Å². The van der Waals surface area contributed by atoms with Crippen molar-refractivity contribution in [2.75, 3.05) is 32.0 Å². The second-order valence-electron chi connectivity index (χ2n) is 5.53. The molecule has 0 bridgehead atoms. The first-order chi connectivity index (χ1) is 11.0. The molecule has 0 spiro atoms. The third-order valence-corrected chi connectivity index (χ3v) is 3.77. The summed E-state index contributed by atoms with van der Waals surface area (Å²) in [5.41, 5.74) is 0.645. The fraction of sp³-hybridized carbons (Fsp3) is 0.400. The van der Waals surface area contributed by atoms with Gasteiger partial charge < -0.3 is 15.2 Å². The molecule has 2 heterocycles. The fourth-order valence-electron chi connectivity index (χ4n) is 2.54. The van der Waals surface area contributed by atoms with E-state index in [0.29, 0.717) is 18.1 Å². The van der Waals surface area contributed by atoms with Crippen LogP contribution in [0.1, 0.15) is 18.8 Å². The van der Waals surface area contributed by atoms with Crippen LogP contribution in [0, 0.1) is 5.82 Å². The van der Waals surface area contributed by atoms with Crippen LogP contribution >= 0.6 is 12.4 Å². The maximum atomic E-state index is 14.1. The number of piperazine rings is 1. The van der Waals surface area contributed by atoms with E-state index in [4.69, 9.17) is 4.52 Å². The number of aromatic nitrogens is 2. The Hall–Kier alpha value is -2.03. The molecule has 0 aliphatic carbocycles. The molecular weight excluding hydrogens is 337 g/mol. The molecule has 2 aromatic rings. The van der Waals surface area contributed by atoms with Crippen molar-refractivity contribution in [3.63, 3.8) is 0 Å². The predicted octanol–water partition coefficient (Wildman–Crippen LogP) is 1.83. The molecule has 1 fully saturated rings. The molecule has 9 heteroatoms. The predicted molar refractivity (Wildman–Crippen MR) is 89.5 cm³/mol. The van der Waals surface area contributed by atoms with Gasteiger partial charge in [0.1, 0.15) is 5.82 Å². The van der Waals surface area contributed by atoms with Gasteiger partial charge >= 0.3 is 0 Å². The topological polar surface area (TPSA) is 83.3 Å². The maximum Gasteiger partial charge on any atom is 0.261 e. The summed E-state index contributed by atoms with van der Waals surface area (Å²) in [6, 6.07) is 4.22. The number of anilines is 1. The number of hydrogen-bond donors (Lipinski definition) is 2. The van der Waals surface area contributed by atoms with Gasteiger partial charge in [-0.15, -0.1) is 12.4 Å². The van der Waals surface area contributed by atoms with Crippen LogP contribution in [0.5, 0.6) is 0 Å². The van der Waals surface area contributed by atoms with Gasteiger partial charge in [0, 0.05) is 32.2 Å². The Kier molecular flexibility index (Phi) is 5.87. The van der Waals surface area contributed by atoms with Crippen LogP contribution in [-0.4, -0.2) is 47.6 Å². The molecule has 0 saturated carbocycles. The summed E-state index contributed by atoms with van der Waals surface area (Å²) in [5.74, 6) is -0.101. The molecule has 1 amide bonds. The summed E-state index contributed by atoms with van der Waals surface area (Å²) in [7, 11) is 1.99. The molecule has 3 rings (SSSR count). The van der Waals surface area contributed by atoms with E-state index in [1.165, 1.54) is 25.1 Å². The zero-order valence-corrected chi connectivity index (χ0v) is 14.2. The highest BCUT2D eigenvalue weighted by Gasteiger charge is 2.26. The van der Waals surface area contributed by atoms with Crippen LogP contribution < -0.4 is 10.6 Å². The van der Waals surface area contributed by atoms with Crippen molar-refractivity contribution in [1.82, 2.24) is 20.4 Å². The molecule has 24 heavy (non-hydrogen) atoms. The quantitative estimate of drug-likeness (QED) is 0.874. The number of rotatable bonds is 3. The highest BCUT2D eigenvalue weighted by Crippen LogP contribution is 2.27. The van der Waals surface area contributed by atoms with Crippen molar-refractivity contribution in [2.45, 2.75) is 13.0 Å². The standard InChI is InChI=1S/C15H18FN5O2.ClH/c1-9(22)18-10-3-4-12(16)11(7-10)15-19-14(20-23-15)13-8-17-5-6-21(13)2;/h3-4,7,13,17H,5-6,8H2,1-2H3,(H,18,22);1H. The van der Waals surface area contributed by atoms with Crippen molar-refractivity contribution in [2.24, 2.45) is 0 Å². The van der Waals surface area contributed by atoms with E-state index in [1.54, 1.807) is 0 Å². The zero-order chi connectivity index (χ0) is 16.4. The third kappa shape index (κ3) is 3.89. The third-order valence-electron chi connectivity index (χ3n) is 3.77. The monoisotopic (exact) mass is 355 g/mol. The van der Waals surface area contributed by atoms with Gasteiger partial charge in [-0.1, -0.05) is 5.16 Å². The molecule has 0 radical (unpaired) electrons. The Balaban J connectivity index is 0.00000208. The average molecular weight is 356 g/mol. The minimum Gasteiger partial charge on any atom is -0.334 e. The number of halogens is 2. The highest BCUT2D eigenvalue weighted by molar-refractivity contribution is 5.89. The number of amides is 1. The lowest BCUT2D eigenvalue weighted by Crippen LogP contribution is -2.44. The van der Waals surface area contributed by atoms with Gasteiger partial charge in [0.15, 0.2) is 5.82 Å². The lowest BCUT2D eigenvalue weighted by Gasteiger charge is -2.30. The lowest BCUT2D eigenvalue weighted by atomic mass is 10.1. The fourth-order valence-corrected chi connectivity index (χ4v) is 2.54. The largest absolute Gasteiger partial charge is 0.334 e. The summed E-state index contributed by atoms with van der Waals surface area (Å²) >= 11 is 0. The molecule has 1 saturated heterocycles. The van der Waals surface area contributed by atoms with Crippen molar-refractivity contribution >= 4 is 24.0 Å². The van der Waals surface area contributed by atoms with Crippen LogP contribution in [0.15, 0.2) is 22.7 Å². The van der Waals surface area contributed by atoms with E-state index < -0.39 is 5.82 Å². The number of hydrogen-bond acceptors (Lipinski definition) is 6. The van der Waals surface area contributed by atoms with E-state index in [0.717, 1.165) is 13.1 Å². The van der Waals surface area contributed by atoms with Crippen molar-refractivity contribution in [1.29, 1.82) is 0 Å². The molecule has 1 aliphatic heterocycles. The lowest BCUT2D eigenvalue weighted by molar-refractivity contribution is -0.114. The first-order valence-corrected chi connectivity index (χ1v) is 7.36. The zero-order valence-electron chi connectivity index (χ0n) is 13.4. The van der Waals surface area contributed by atoms with Crippen LogP contribution in [0.25, 0.3) is 11.5 Å². The normalized spacial score (nSPS) is 18.0. The Morgan fingerprint density at radius 1 is 1.50 bits per heavy atom. The summed E-state index contributed by atoms with van der Waals surface area (Å²) in [6.07, 6.45) is 0. The van der Waals surface area contributed by atoms with E-state index in [9.17, 15) is 9.18 Å². The van der Waals surface area contributed by atoms with Crippen molar-refractivity contribution < 1.29 is 13.7 Å². The molecule has 1 aliphatic rings. The Bertz CT molecular complexity index is 724. The van der Waals surface area contributed by atoms with Crippen molar-refractivity contribution in [3.8, 4) is 11.5 Å². The minimum atomic E-state index is -0.482. The smallest absolute Gasteiger partial charge is 0.261 e. The van der Waals surface area contributed by atoms with Gasteiger partial charge in [0.25, 0.3) is 5.89 Å². The van der Waals surface area contributed by atoms with Gasteiger partial charge in [0.2, 0.25) is 5.91 Å². The SMILES string of the molecule is CC(=O)Nc1ccc(F)c(-c2nc(C3CNCCN3C)no2)c1.Cl. The van der Waals surface area contributed by atoms with E-state index in [1.807, 2.05) is 7.05 Å². The van der Waals surface area contributed by atoms with E-state index in [2.05, 4.69) is 25.7 Å². The van der Waals surface area contributed by atoms with Gasteiger partial charge in [-0.05, 0) is 25.2 Å². The summed E-state index contributed by atoms with van der Waals surface area (Å²) in [4.78, 5) is 17.6. The number of nitrogens with zero attached hydrogens (tertiary/aromatic N) is 3. The number of carbonyl (C=O) groups excluding carboxylic acids is 1. The highest BCUT2D eigenvalue weighted by atomic mass is 35.5. The summed E-state index contributed by atoms with van der Waals surface area (Å²) in [5, 5.41) is 9.85. The first kappa shape index (κ1) is 18.3. The van der Waals surface area contributed by atoms with Gasteiger partial charge in [-0.3, -0.25) is 9.69 Å². The molecular formula is C15H19ClFN5O2. The number of carbonyl (C=O) groups is 1. The second kappa shape index (κ2) is 7.69. The molecule has 1 aromatic carbocycles. The van der Waals surface area contributed by atoms with E-state index >= 15 is 0 Å². The molecule has 1 unspecified atom stereocenters. The van der Waals surface area contributed by atoms with Gasteiger partial charge in [-0.2, -0.15) is 4.98 Å². The molecule has 7 nitrogen and oxygen atoms in total. The summed E-state index contributed by atoms with van der Waals surface area (Å²) in [6.45, 7) is 3.88. The Morgan fingerprint density at radius 2 is 2.29 bits per heavy atom. The number of likely N-dealkylation sites (N-methyl/N-ethyl adjacent to an activating group) is 1. The number of benzene rings is 1. The molecule has 130 valence electrons. The second-order valence-corrected chi connectivity index (χ2v) is 5.53. The summed E-state index contributed by atoms with van der Waals surface area (Å²) < 4.78 is 19.3. The average Bonchev–Trinajstić information content (AvgIpc) is 2.98. The maximum absolute atomic E-state index is 14.1. The van der Waals surface area contributed by atoms with Crippen molar-refractivity contribution in [3.05, 3.63) is 29.8 Å². The van der Waals surface area contributed by atoms with Gasteiger partial charge in [-0.25, -0.2) is 4.39 Å². The van der Waals surface area contributed by atoms with E-state index in [-0.39, 0.29) is 35.8 Å². The molecule has 1 aromatic heterocycles. The first-order valence-electron chi connectivity index (χ1n) is 7.36. The van der Waals surface area contributed by atoms with Crippen LogP contribution in [-0.2, 0) is 4.79 Å². The van der Waals surface area contributed by atoms with Crippen LogP contribution in [0.2, 0.25) is 0 Å². The molecule has 1 atom stereocenters. The number of nitrogens with one attached hydrogen (secondary N) is 2. The molecule has 2 N–H and O–H groups in total. The van der Waals surface area contributed by atoms with Gasteiger partial charge in [0.05, 0.1) is 11.6 Å². The Morgan fingerprint density at radius 3 is 3.00 bits per heavy atom. The Labute approximate surface area is 145 Å².